The van der Waals surface area contributed by atoms with Crippen molar-refractivity contribution in [2.45, 2.75) is 0 Å². The van der Waals surface area contributed by atoms with Gasteiger partial charge >= 0.3 is 0 Å². The van der Waals surface area contributed by atoms with Crippen molar-refractivity contribution in [1.29, 1.82) is 0 Å². The van der Waals surface area contributed by atoms with Gasteiger partial charge in [-0.2, -0.15) is 0 Å². The normalized spacial score (nSPS) is 11.5. The number of fused-ring (bicyclic) bond motifs is 6. The number of benzene rings is 10. The van der Waals surface area contributed by atoms with E-state index >= 15 is 0 Å². The lowest BCUT2D eigenvalue weighted by molar-refractivity contribution is 1.06. The molecule has 13 rings (SSSR count). The second-order valence-corrected chi connectivity index (χ2v) is 17.2. The molecule has 0 saturated carbocycles. The summed E-state index contributed by atoms with van der Waals surface area (Å²) in [5.74, 6) is 1.80. The molecule has 5 heteroatoms. The number of hydrogen-bond donors (Lipinski definition) is 0. The Balaban J connectivity index is 1.03. The van der Waals surface area contributed by atoms with Gasteiger partial charge in [-0.1, -0.05) is 188 Å². The van der Waals surface area contributed by atoms with Crippen LogP contribution in [-0.4, -0.2) is 24.1 Å². The Morgan fingerprint density at radius 1 is 0.250 bits per heavy atom. The molecule has 3 aromatic heterocycles. The van der Waals surface area contributed by atoms with Crippen molar-refractivity contribution in [1.82, 2.24) is 24.1 Å². The minimum atomic E-state index is 0.595. The van der Waals surface area contributed by atoms with Crippen LogP contribution in [0.3, 0.4) is 0 Å². The molecule has 10 aromatic carbocycles. The van der Waals surface area contributed by atoms with Crippen LogP contribution in [0.25, 0.3) is 123 Å². The van der Waals surface area contributed by atoms with Crippen molar-refractivity contribution in [3.63, 3.8) is 0 Å². The number of rotatable bonds is 8. The molecule has 3 heterocycles. The van der Waals surface area contributed by atoms with Crippen LogP contribution in [0.5, 0.6) is 0 Å². The molecule has 0 amide bonds. The van der Waals surface area contributed by atoms with E-state index in [4.69, 9.17) is 15.0 Å². The fourth-order valence-corrected chi connectivity index (χ4v) is 10.0. The molecule has 68 heavy (non-hydrogen) atoms. The second-order valence-electron chi connectivity index (χ2n) is 17.2. The van der Waals surface area contributed by atoms with E-state index < -0.39 is 0 Å². The van der Waals surface area contributed by atoms with E-state index in [2.05, 4.69) is 240 Å². The Kier molecular flexibility index (Phi) is 9.43. The quantitative estimate of drug-likeness (QED) is 0.153. The van der Waals surface area contributed by atoms with Crippen LogP contribution in [0.4, 0.5) is 0 Å². The number of hydrogen-bond acceptors (Lipinski definition) is 3. The number of nitrogens with zero attached hydrogens (tertiary/aromatic N) is 5. The molecule has 5 nitrogen and oxygen atoms in total. The van der Waals surface area contributed by atoms with Crippen molar-refractivity contribution < 1.29 is 0 Å². The van der Waals surface area contributed by atoms with Crippen molar-refractivity contribution in [3.8, 4) is 78.9 Å². The van der Waals surface area contributed by atoms with Crippen LogP contribution in [0.2, 0.25) is 0 Å². The molecule has 0 saturated heterocycles. The van der Waals surface area contributed by atoms with Crippen LogP contribution in [0.15, 0.2) is 249 Å². The van der Waals surface area contributed by atoms with E-state index in [1.807, 2.05) is 18.2 Å². The van der Waals surface area contributed by atoms with Gasteiger partial charge in [-0.25, -0.2) is 15.0 Å². The van der Waals surface area contributed by atoms with Gasteiger partial charge in [-0.3, -0.25) is 0 Å². The summed E-state index contributed by atoms with van der Waals surface area (Å²) in [4.78, 5) is 16.0. The first kappa shape index (κ1) is 39.2. The van der Waals surface area contributed by atoms with Gasteiger partial charge in [0.1, 0.15) is 0 Å². The zero-order chi connectivity index (χ0) is 45.0. The van der Waals surface area contributed by atoms with E-state index in [1.54, 1.807) is 0 Å². The molecule has 0 spiro atoms. The standard InChI is InChI=1S/C63H41N5/c1-5-19-42(20-6-1)45-36-38-57-54(40-45)60-50(31-18-34-58(60)67(57)49-27-11-4-12-28-49)47-25-17-26-48(39-47)62-64-61(44-23-9-3-10-24-44)65-63(66-62)53-37-35-46(43-21-7-2-8-22-43)41-59(53)68-55-32-15-13-29-51(55)52-30-14-16-33-56(52)68/h1-41H. The first-order valence-electron chi connectivity index (χ1n) is 23.0. The van der Waals surface area contributed by atoms with E-state index in [-0.39, 0.29) is 0 Å². The Morgan fingerprint density at radius 2 is 0.735 bits per heavy atom. The highest BCUT2D eigenvalue weighted by atomic mass is 15.1. The lowest BCUT2D eigenvalue weighted by Crippen LogP contribution is -2.04. The predicted molar refractivity (Wildman–Crippen MR) is 281 cm³/mol. The molecule has 0 unspecified atom stereocenters. The first-order valence-corrected chi connectivity index (χ1v) is 23.0. The summed E-state index contributed by atoms with van der Waals surface area (Å²) in [6.45, 7) is 0. The molecule has 0 N–H and O–H groups in total. The fraction of sp³-hybridized carbons (Fsp3) is 0. The third-order valence-corrected chi connectivity index (χ3v) is 13.2. The van der Waals surface area contributed by atoms with Crippen LogP contribution in [-0.2, 0) is 0 Å². The average molecular weight is 868 g/mol. The van der Waals surface area contributed by atoms with Gasteiger partial charge in [0, 0.05) is 43.9 Å². The van der Waals surface area contributed by atoms with Crippen LogP contribution in [0.1, 0.15) is 0 Å². The summed E-state index contributed by atoms with van der Waals surface area (Å²) >= 11 is 0. The smallest absolute Gasteiger partial charge is 0.166 e. The van der Waals surface area contributed by atoms with E-state index in [1.165, 1.54) is 32.7 Å². The molecular formula is C63H41N5. The summed E-state index contributed by atoms with van der Waals surface area (Å²) < 4.78 is 4.75. The Hall–Kier alpha value is -9.19. The van der Waals surface area contributed by atoms with Gasteiger partial charge < -0.3 is 9.13 Å². The van der Waals surface area contributed by atoms with Crippen LogP contribution < -0.4 is 0 Å². The maximum atomic E-state index is 5.43. The molecule has 13 aromatic rings. The van der Waals surface area contributed by atoms with Crippen LogP contribution >= 0.6 is 0 Å². The monoisotopic (exact) mass is 867 g/mol. The maximum absolute atomic E-state index is 5.43. The third-order valence-electron chi connectivity index (χ3n) is 13.2. The molecule has 0 aliphatic rings. The van der Waals surface area contributed by atoms with E-state index in [0.717, 1.165) is 72.4 Å². The average Bonchev–Trinajstić information content (AvgIpc) is 3.94. The Bertz CT molecular complexity index is 3950. The summed E-state index contributed by atoms with van der Waals surface area (Å²) in [5.41, 5.74) is 16.2. The highest BCUT2D eigenvalue weighted by Crippen LogP contribution is 2.42. The zero-order valence-corrected chi connectivity index (χ0v) is 36.9. The van der Waals surface area contributed by atoms with Crippen molar-refractivity contribution in [2.24, 2.45) is 0 Å². The van der Waals surface area contributed by atoms with Crippen molar-refractivity contribution in [2.75, 3.05) is 0 Å². The molecule has 0 aliphatic carbocycles. The lowest BCUT2D eigenvalue weighted by atomic mass is 9.96. The number of aromatic nitrogens is 5. The summed E-state index contributed by atoms with van der Waals surface area (Å²) in [5, 5.41) is 4.76. The van der Waals surface area contributed by atoms with Gasteiger partial charge in [0.2, 0.25) is 0 Å². The van der Waals surface area contributed by atoms with Gasteiger partial charge in [-0.15, -0.1) is 0 Å². The van der Waals surface area contributed by atoms with Gasteiger partial charge in [-0.05, 0) is 94.0 Å². The first-order chi connectivity index (χ1) is 33.7. The van der Waals surface area contributed by atoms with Crippen molar-refractivity contribution >= 4 is 43.6 Å². The Morgan fingerprint density at radius 3 is 1.41 bits per heavy atom. The highest BCUT2D eigenvalue weighted by Gasteiger charge is 2.22. The molecule has 0 aliphatic heterocycles. The topological polar surface area (TPSA) is 48.5 Å². The van der Waals surface area contributed by atoms with E-state index in [9.17, 15) is 0 Å². The molecule has 318 valence electrons. The van der Waals surface area contributed by atoms with Gasteiger partial charge in [0.25, 0.3) is 0 Å². The number of para-hydroxylation sites is 3. The Labute approximate surface area is 393 Å². The molecule has 0 fully saturated rings. The lowest BCUT2D eigenvalue weighted by Gasteiger charge is -2.16. The van der Waals surface area contributed by atoms with Gasteiger partial charge in [0.05, 0.1) is 27.8 Å². The molecule has 0 radical (unpaired) electrons. The fourth-order valence-electron chi connectivity index (χ4n) is 10.0. The third kappa shape index (κ3) is 6.68. The SMILES string of the molecule is c1ccc(-c2ccc(-c3nc(-c4ccccc4)nc(-c4cccc(-c5cccc6c5c5cc(-c7ccccc7)ccc5n6-c5ccccc5)c4)n3)c(-n3c4ccccc4c4ccccc43)c2)cc1. The van der Waals surface area contributed by atoms with Gasteiger partial charge in [0.15, 0.2) is 17.5 Å². The largest absolute Gasteiger partial charge is 0.309 e. The summed E-state index contributed by atoms with van der Waals surface area (Å²) in [7, 11) is 0. The summed E-state index contributed by atoms with van der Waals surface area (Å²) in [6.07, 6.45) is 0. The molecule has 0 bridgehead atoms. The highest BCUT2D eigenvalue weighted by molar-refractivity contribution is 6.17. The second kappa shape index (κ2) is 16.4. The molecular weight excluding hydrogens is 827 g/mol. The van der Waals surface area contributed by atoms with Crippen LogP contribution in [0, 0.1) is 0 Å². The summed E-state index contributed by atoms with van der Waals surface area (Å²) in [6, 6.07) is 88.2. The minimum absolute atomic E-state index is 0.595. The van der Waals surface area contributed by atoms with Crippen molar-refractivity contribution in [3.05, 3.63) is 249 Å². The predicted octanol–water partition coefficient (Wildman–Crippen LogP) is 16.1. The minimum Gasteiger partial charge on any atom is -0.309 e. The van der Waals surface area contributed by atoms with E-state index in [0.29, 0.717) is 17.5 Å². The zero-order valence-electron chi connectivity index (χ0n) is 36.9. The molecule has 0 atom stereocenters. The maximum Gasteiger partial charge on any atom is 0.166 e.